The van der Waals surface area contributed by atoms with E-state index in [-0.39, 0.29) is 6.42 Å². The molecule has 0 aliphatic rings. The summed E-state index contributed by atoms with van der Waals surface area (Å²) in [4.78, 5) is 23.0. The zero-order chi connectivity index (χ0) is 22.4. The van der Waals surface area contributed by atoms with Crippen molar-refractivity contribution in [2.45, 2.75) is 82.5 Å². The van der Waals surface area contributed by atoms with Crippen molar-refractivity contribution < 1.29 is 19.8 Å². The van der Waals surface area contributed by atoms with Gasteiger partial charge in [0.2, 0.25) is 0 Å². The number of rotatable bonds is 16. The zero-order valence-electron chi connectivity index (χ0n) is 18.5. The van der Waals surface area contributed by atoms with Crippen LogP contribution in [0.1, 0.15) is 88.2 Å². The Morgan fingerprint density at radius 2 is 0.968 bits per heavy atom. The number of hydrogen-bond donors (Lipinski definition) is 2. The molecule has 0 spiro atoms. The van der Waals surface area contributed by atoms with Gasteiger partial charge < -0.3 is 10.2 Å². The first kappa shape index (κ1) is 24.6. The van der Waals surface area contributed by atoms with E-state index < -0.39 is 17.4 Å². The Morgan fingerprint density at radius 1 is 0.581 bits per heavy atom. The number of carboxylic acids is 2. The molecule has 0 heterocycles. The smallest absolute Gasteiger partial charge is 0.318 e. The molecule has 31 heavy (non-hydrogen) atoms. The highest BCUT2D eigenvalue weighted by molar-refractivity contribution is 5.86. The monoisotopic (exact) mass is 424 g/mol. The molecule has 0 amide bonds. The largest absolute Gasteiger partial charge is 0.481 e. The number of benzene rings is 2. The summed E-state index contributed by atoms with van der Waals surface area (Å²) in [7, 11) is 0. The molecule has 0 aliphatic carbocycles. The molecule has 0 unspecified atom stereocenters. The predicted molar refractivity (Wildman–Crippen MR) is 124 cm³/mol. The minimum absolute atomic E-state index is 0.282. The zero-order valence-corrected chi connectivity index (χ0v) is 18.5. The molecule has 4 heteroatoms. The third-order valence-corrected chi connectivity index (χ3v) is 6.09. The van der Waals surface area contributed by atoms with E-state index in [0.29, 0.717) is 6.42 Å². The number of unbranched alkanes of at least 4 members (excludes halogenated alkanes) is 9. The van der Waals surface area contributed by atoms with E-state index >= 15 is 0 Å². The van der Waals surface area contributed by atoms with Crippen LogP contribution in [0.3, 0.4) is 0 Å². The first-order chi connectivity index (χ1) is 15.1. The van der Waals surface area contributed by atoms with Gasteiger partial charge in [0, 0.05) is 6.42 Å². The third-order valence-electron chi connectivity index (χ3n) is 6.09. The van der Waals surface area contributed by atoms with Crippen molar-refractivity contribution in [3.05, 3.63) is 71.8 Å². The average Bonchev–Trinajstić information content (AvgIpc) is 2.78. The fourth-order valence-electron chi connectivity index (χ4n) is 4.34. The van der Waals surface area contributed by atoms with Gasteiger partial charge in [-0.2, -0.15) is 0 Å². The lowest BCUT2D eigenvalue weighted by Gasteiger charge is -2.31. The standard InChI is InChI=1S/C27H36O4/c28-25(29)21-15-7-5-3-1-2-4-6-8-16-22-27(26(30)31,23-17-11-9-12-18-23)24-19-13-10-14-20-24/h9-14,17-20H,1-8,15-16,21-22H2,(H,28,29)(H,30,31). The van der Waals surface area contributed by atoms with Gasteiger partial charge in [0.1, 0.15) is 5.41 Å². The maximum atomic E-state index is 12.5. The van der Waals surface area contributed by atoms with E-state index in [2.05, 4.69) is 0 Å². The number of carbonyl (C=O) groups is 2. The molecular formula is C27H36O4. The molecule has 0 fully saturated rings. The summed E-state index contributed by atoms with van der Waals surface area (Å²) in [6.45, 7) is 0. The maximum Gasteiger partial charge on any atom is 0.318 e. The summed E-state index contributed by atoms with van der Waals surface area (Å²) in [6.07, 6.45) is 11.5. The van der Waals surface area contributed by atoms with Gasteiger partial charge in [0.25, 0.3) is 0 Å². The van der Waals surface area contributed by atoms with Crippen molar-refractivity contribution in [2.24, 2.45) is 0 Å². The Hall–Kier alpha value is -2.62. The summed E-state index contributed by atoms with van der Waals surface area (Å²) < 4.78 is 0. The molecule has 0 radical (unpaired) electrons. The van der Waals surface area contributed by atoms with Gasteiger partial charge in [-0.1, -0.05) is 118 Å². The van der Waals surface area contributed by atoms with Crippen LogP contribution in [0.15, 0.2) is 60.7 Å². The predicted octanol–water partition coefficient (Wildman–Crippen LogP) is 6.82. The molecule has 2 N–H and O–H groups in total. The lowest BCUT2D eigenvalue weighted by molar-refractivity contribution is -0.142. The summed E-state index contributed by atoms with van der Waals surface area (Å²) in [5.41, 5.74) is 0.687. The molecule has 0 atom stereocenters. The molecule has 168 valence electrons. The van der Waals surface area contributed by atoms with Crippen LogP contribution in [-0.2, 0) is 15.0 Å². The van der Waals surface area contributed by atoms with E-state index in [4.69, 9.17) is 5.11 Å². The van der Waals surface area contributed by atoms with Gasteiger partial charge in [-0.3, -0.25) is 9.59 Å². The van der Waals surface area contributed by atoms with Gasteiger partial charge in [-0.25, -0.2) is 0 Å². The van der Waals surface area contributed by atoms with E-state index in [0.717, 1.165) is 49.7 Å². The fraction of sp³-hybridized carbons (Fsp3) is 0.481. The molecule has 0 saturated carbocycles. The van der Waals surface area contributed by atoms with Crippen LogP contribution in [0.25, 0.3) is 0 Å². The topological polar surface area (TPSA) is 74.6 Å². The third kappa shape index (κ3) is 7.86. The second kappa shape index (κ2) is 13.6. The van der Waals surface area contributed by atoms with Crippen LogP contribution in [0.4, 0.5) is 0 Å². The molecule has 4 nitrogen and oxygen atoms in total. The van der Waals surface area contributed by atoms with Gasteiger partial charge >= 0.3 is 11.9 Å². The first-order valence-corrected chi connectivity index (χ1v) is 11.6. The second-order valence-corrected chi connectivity index (χ2v) is 8.37. The highest BCUT2D eigenvalue weighted by atomic mass is 16.4. The fourth-order valence-corrected chi connectivity index (χ4v) is 4.34. The highest BCUT2D eigenvalue weighted by Crippen LogP contribution is 2.38. The summed E-state index contributed by atoms with van der Waals surface area (Å²) in [5.74, 6) is -1.49. The Labute approximate surface area is 186 Å². The van der Waals surface area contributed by atoms with Crippen LogP contribution in [0.2, 0.25) is 0 Å². The minimum atomic E-state index is -1.00. The number of aliphatic carboxylic acids is 2. The molecule has 2 rings (SSSR count). The molecule has 2 aromatic rings. The molecule has 0 saturated heterocycles. The van der Waals surface area contributed by atoms with Crippen molar-refractivity contribution in [2.75, 3.05) is 0 Å². The summed E-state index contributed by atoms with van der Waals surface area (Å²) in [5, 5.41) is 18.9. The van der Waals surface area contributed by atoms with Crippen LogP contribution in [-0.4, -0.2) is 22.2 Å². The number of carboxylic acid groups (broad SMARTS) is 2. The Bertz CT molecular complexity index is 731. The van der Waals surface area contributed by atoms with E-state index in [9.17, 15) is 14.7 Å². The van der Waals surface area contributed by atoms with Gasteiger partial charge in [-0.15, -0.1) is 0 Å². The summed E-state index contributed by atoms with van der Waals surface area (Å²) in [6, 6.07) is 19.2. The van der Waals surface area contributed by atoms with Crippen LogP contribution >= 0.6 is 0 Å². The minimum Gasteiger partial charge on any atom is -0.481 e. The van der Waals surface area contributed by atoms with E-state index in [1.807, 2.05) is 60.7 Å². The van der Waals surface area contributed by atoms with Crippen molar-refractivity contribution in [1.82, 2.24) is 0 Å². The van der Waals surface area contributed by atoms with Crippen molar-refractivity contribution in [3.8, 4) is 0 Å². The molecule has 0 aromatic heterocycles. The van der Waals surface area contributed by atoms with E-state index in [1.54, 1.807) is 0 Å². The molecular weight excluding hydrogens is 388 g/mol. The SMILES string of the molecule is O=C(O)CCCCCCCCCCCCC(C(=O)O)(c1ccccc1)c1ccccc1. The second-order valence-electron chi connectivity index (χ2n) is 8.37. The molecule has 2 aromatic carbocycles. The van der Waals surface area contributed by atoms with Crippen LogP contribution < -0.4 is 0 Å². The van der Waals surface area contributed by atoms with Crippen molar-refractivity contribution in [3.63, 3.8) is 0 Å². The Balaban J connectivity index is 1.78. The van der Waals surface area contributed by atoms with Gasteiger partial charge in [0.15, 0.2) is 0 Å². The maximum absolute atomic E-state index is 12.5. The van der Waals surface area contributed by atoms with Crippen molar-refractivity contribution >= 4 is 11.9 Å². The molecule has 0 aliphatic heterocycles. The van der Waals surface area contributed by atoms with Crippen LogP contribution in [0, 0.1) is 0 Å². The summed E-state index contributed by atoms with van der Waals surface area (Å²) >= 11 is 0. The average molecular weight is 425 g/mol. The number of hydrogen-bond acceptors (Lipinski definition) is 2. The Kier molecular flexibility index (Phi) is 10.8. The lowest BCUT2D eigenvalue weighted by atomic mass is 9.71. The van der Waals surface area contributed by atoms with E-state index in [1.165, 1.54) is 25.7 Å². The van der Waals surface area contributed by atoms with Crippen molar-refractivity contribution in [1.29, 1.82) is 0 Å². The normalized spacial score (nSPS) is 11.4. The highest BCUT2D eigenvalue weighted by Gasteiger charge is 2.41. The quantitative estimate of drug-likeness (QED) is 0.290. The van der Waals surface area contributed by atoms with Crippen LogP contribution in [0.5, 0.6) is 0 Å². The van der Waals surface area contributed by atoms with Gasteiger partial charge in [-0.05, 0) is 24.0 Å². The lowest BCUT2D eigenvalue weighted by Crippen LogP contribution is -2.37. The Morgan fingerprint density at radius 3 is 1.35 bits per heavy atom. The van der Waals surface area contributed by atoms with Gasteiger partial charge in [0.05, 0.1) is 0 Å². The first-order valence-electron chi connectivity index (χ1n) is 11.6. The molecule has 0 bridgehead atoms.